The van der Waals surface area contributed by atoms with Crippen LogP contribution in [0.3, 0.4) is 0 Å². The minimum absolute atomic E-state index is 0.0423. The maximum Gasteiger partial charge on any atom is 0.155 e. The third kappa shape index (κ3) is 2.77. The topological polar surface area (TPSA) is 34.1 Å². The van der Waals surface area contributed by atoms with Crippen molar-refractivity contribution < 1.29 is 9.59 Å². The van der Waals surface area contributed by atoms with E-state index in [9.17, 15) is 9.59 Å². The molecule has 0 radical (unpaired) electrons. The summed E-state index contributed by atoms with van der Waals surface area (Å²) in [5, 5.41) is 0. The molecule has 0 aromatic carbocycles. The summed E-state index contributed by atoms with van der Waals surface area (Å²) in [6.45, 7) is 4.48. The highest BCUT2D eigenvalue weighted by molar-refractivity contribution is 8.76. The lowest BCUT2D eigenvalue weighted by atomic mass is 9.47. The molecule has 0 amide bonds. The van der Waals surface area contributed by atoms with Crippen LogP contribution < -0.4 is 0 Å². The quantitative estimate of drug-likeness (QED) is 0.480. The van der Waals surface area contributed by atoms with Crippen LogP contribution in [-0.2, 0) is 9.59 Å². The summed E-state index contributed by atoms with van der Waals surface area (Å²) in [7, 11) is 3.98. The number of hydrogen-bond donors (Lipinski definition) is 0. The SMILES string of the molecule is CCSSC[C@]12CCC(=O)C=C1CC[C@@H]1[C@@H]2CC[C@@]2(C)C(=O)CC[C@@H]12. The number of hydrogen-bond acceptors (Lipinski definition) is 4. The summed E-state index contributed by atoms with van der Waals surface area (Å²) in [5.74, 6) is 5.15. The Balaban J connectivity index is 1.67. The van der Waals surface area contributed by atoms with E-state index in [1.54, 1.807) is 0 Å². The normalized spacial score (nSPS) is 43.3. The molecule has 0 bridgehead atoms. The molecule has 5 atom stereocenters. The molecule has 0 unspecified atom stereocenters. The van der Waals surface area contributed by atoms with Crippen LogP contribution in [0.5, 0.6) is 0 Å². The number of Topliss-reactive ketones (excluding diaryl/α,β-unsaturated/α-hetero) is 1. The third-order valence-corrected chi connectivity index (χ3v) is 10.5. The number of carbonyl (C=O) groups is 2. The fourth-order valence-corrected chi connectivity index (χ4v) is 9.02. The number of rotatable bonds is 4. The molecule has 138 valence electrons. The summed E-state index contributed by atoms with van der Waals surface area (Å²) in [4.78, 5) is 24.7. The minimum Gasteiger partial charge on any atom is -0.299 e. The fraction of sp³-hybridized carbons (Fsp3) is 0.810. The van der Waals surface area contributed by atoms with E-state index >= 15 is 0 Å². The van der Waals surface area contributed by atoms with Crippen LogP contribution in [0.4, 0.5) is 0 Å². The van der Waals surface area contributed by atoms with Crippen molar-refractivity contribution in [1.29, 1.82) is 0 Å². The highest BCUT2D eigenvalue weighted by Gasteiger charge is 2.60. The Hall–Kier alpha value is -0.220. The van der Waals surface area contributed by atoms with Crippen LogP contribution >= 0.6 is 21.6 Å². The Bertz CT molecular complexity index is 613. The molecule has 3 saturated carbocycles. The van der Waals surface area contributed by atoms with Gasteiger partial charge in [-0.2, -0.15) is 0 Å². The first-order valence-corrected chi connectivity index (χ1v) is 12.5. The Morgan fingerprint density at radius 3 is 2.68 bits per heavy atom. The van der Waals surface area contributed by atoms with E-state index in [-0.39, 0.29) is 10.8 Å². The number of ketones is 2. The van der Waals surface area contributed by atoms with Crippen molar-refractivity contribution in [3.63, 3.8) is 0 Å². The molecule has 0 N–H and O–H groups in total. The van der Waals surface area contributed by atoms with Gasteiger partial charge < -0.3 is 0 Å². The van der Waals surface area contributed by atoms with Gasteiger partial charge in [0.2, 0.25) is 0 Å². The van der Waals surface area contributed by atoms with Gasteiger partial charge in [0.15, 0.2) is 5.78 Å². The van der Waals surface area contributed by atoms with Crippen molar-refractivity contribution in [2.75, 3.05) is 11.5 Å². The minimum atomic E-state index is -0.0423. The molecule has 2 nitrogen and oxygen atoms in total. The first-order valence-electron chi connectivity index (χ1n) is 10.0. The molecule has 4 aliphatic carbocycles. The standard InChI is InChI=1S/C21H30O2S2/c1-3-24-25-13-21-11-8-15(22)12-14(21)4-5-16-17-6-7-19(23)20(17,2)10-9-18(16)21/h12,16-18H,3-11,13H2,1-2H3/t16-,17-,18-,20+,21+/m0/s1. The van der Waals surface area contributed by atoms with Crippen LogP contribution in [0.25, 0.3) is 0 Å². The maximum absolute atomic E-state index is 12.6. The monoisotopic (exact) mass is 378 g/mol. The van der Waals surface area contributed by atoms with Gasteiger partial charge in [-0.1, -0.05) is 41.0 Å². The number of allylic oxidation sites excluding steroid dienone is 1. The van der Waals surface area contributed by atoms with E-state index in [1.807, 2.05) is 27.7 Å². The summed E-state index contributed by atoms with van der Waals surface area (Å²) in [6, 6.07) is 0. The van der Waals surface area contributed by atoms with Gasteiger partial charge in [0.1, 0.15) is 5.78 Å². The van der Waals surface area contributed by atoms with Crippen LogP contribution in [0.2, 0.25) is 0 Å². The summed E-state index contributed by atoms with van der Waals surface area (Å²) in [6.07, 6.45) is 10.3. The Kier molecular flexibility index (Phi) is 4.90. The van der Waals surface area contributed by atoms with E-state index in [4.69, 9.17) is 0 Å². The van der Waals surface area contributed by atoms with Crippen LogP contribution in [0, 0.1) is 28.6 Å². The van der Waals surface area contributed by atoms with Gasteiger partial charge in [-0.05, 0) is 62.4 Å². The van der Waals surface area contributed by atoms with Crippen molar-refractivity contribution in [2.45, 2.75) is 65.2 Å². The zero-order valence-corrected chi connectivity index (χ0v) is 17.1. The van der Waals surface area contributed by atoms with Crippen LogP contribution in [0.15, 0.2) is 11.6 Å². The van der Waals surface area contributed by atoms with Crippen molar-refractivity contribution in [2.24, 2.45) is 28.6 Å². The second kappa shape index (κ2) is 6.74. The lowest BCUT2D eigenvalue weighted by molar-refractivity contribution is -0.132. The summed E-state index contributed by atoms with van der Waals surface area (Å²) >= 11 is 0. The lowest BCUT2D eigenvalue weighted by Gasteiger charge is -2.58. The lowest BCUT2D eigenvalue weighted by Crippen LogP contribution is -2.52. The van der Waals surface area contributed by atoms with E-state index in [1.165, 1.54) is 18.4 Å². The Labute approximate surface area is 159 Å². The zero-order chi connectivity index (χ0) is 17.7. The van der Waals surface area contributed by atoms with E-state index < -0.39 is 0 Å². The van der Waals surface area contributed by atoms with Crippen molar-refractivity contribution >= 4 is 33.2 Å². The van der Waals surface area contributed by atoms with Crippen LogP contribution in [-0.4, -0.2) is 23.1 Å². The number of carbonyl (C=O) groups excluding carboxylic acids is 2. The second-order valence-corrected chi connectivity index (χ2v) is 11.5. The van der Waals surface area contributed by atoms with Gasteiger partial charge in [-0.15, -0.1) is 0 Å². The molecule has 4 heteroatoms. The van der Waals surface area contributed by atoms with Gasteiger partial charge >= 0.3 is 0 Å². The summed E-state index contributed by atoms with van der Waals surface area (Å²) < 4.78 is 0. The molecule has 4 rings (SSSR count). The van der Waals surface area contributed by atoms with Gasteiger partial charge in [-0.25, -0.2) is 0 Å². The van der Waals surface area contributed by atoms with Gasteiger partial charge in [0.05, 0.1) is 0 Å². The maximum atomic E-state index is 12.6. The molecular weight excluding hydrogens is 348 g/mol. The largest absolute Gasteiger partial charge is 0.299 e. The average molecular weight is 379 g/mol. The van der Waals surface area contributed by atoms with Gasteiger partial charge in [-0.3, -0.25) is 9.59 Å². The molecule has 3 fully saturated rings. The smallest absolute Gasteiger partial charge is 0.155 e. The molecule has 25 heavy (non-hydrogen) atoms. The second-order valence-electron chi connectivity index (χ2n) is 8.79. The van der Waals surface area contributed by atoms with Crippen LogP contribution in [0.1, 0.15) is 65.2 Å². The molecule has 0 aliphatic heterocycles. The predicted molar refractivity (Wildman–Crippen MR) is 107 cm³/mol. The third-order valence-electron chi connectivity index (χ3n) is 7.91. The first kappa shape index (κ1) is 18.2. The van der Waals surface area contributed by atoms with Crippen molar-refractivity contribution in [3.05, 3.63) is 11.6 Å². The fourth-order valence-electron chi connectivity index (χ4n) is 6.63. The highest BCUT2D eigenvalue weighted by Crippen LogP contribution is 2.65. The first-order chi connectivity index (χ1) is 12.0. The van der Waals surface area contributed by atoms with Gasteiger partial charge in [0.25, 0.3) is 0 Å². The predicted octanol–water partition coefficient (Wildman–Crippen LogP) is 5.47. The van der Waals surface area contributed by atoms with Crippen molar-refractivity contribution in [1.82, 2.24) is 0 Å². The average Bonchev–Trinajstić information content (AvgIpc) is 2.91. The zero-order valence-electron chi connectivity index (χ0n) is 15.5. The van der Waals surface area contributed by atoms with Crippen molar-refractivity contribution in [3.8, 4) is 0 Å². The molecule has 0 spiro atoms. The Morgan fingerprint density at radius 2 is 1.88 bits per heavy atom. The highest BCUT2D eigenvalue weighted by atomic mass is 33.1. The molecule has 0 heterocycles. The van der Waals surface area contributed by atoms with E-state index in [2.05, 4.69) is 13.8 Å². The van der Waals surface area contributed by atoms with E-state index in [0.717, 1.165) is 50.0 Å². The van der Waals surface area contributed by atoms with Gasteiger partial charge in [0, 0.05) is 35.2 Å². The van der Waals surface area contributed by atoms with E-state index in [0.29, 0.717) is 29.3 Å². The molecule has 4 aliphatic rings. The molecular formula is C21H30O2S2. The molecule has 0 aromatic rings. The summed E-state index contributed by atoms with van der Waals surface area (Å²) in [5.41, 5.74) is 1.65. The number of fused-ring (bicyclic) bond motifs is 5. The molecule has 0 aromatic heterocycles. The Morgan fingerprint density at radius 1 is 1.04 bits per heavy atom. The molecule has 0 saturated heterocycles.